The number of alkyl halides is 14. The summed E-state index contributed by atoms with van der Waals surface area (Å²) in [7, 11) is 0.556. The van der Waals surface area contributed by atoms with Crippen molar-refractivity contribution in [2.45, 2.75) is 48.4 Å². The molecule has 1 atom stereocenters. The van der Waals surface area contributed by atoms with Crippen LogP contribution >= 0.6 is 0 Å². The van der Waals surface area contributed by atoms with Crippen LogP contribution < -0.4 is 0 Å². The van der Waals surface area contributed by atoms with Gasteiger partial charge in [-0.25, -0.2) is 13.2 Å². The van der Waals surface area contributed by atoms with E-state index in [9.17, 15) is 61.5 Å². The van der Waals surface area contributed by atoms with E-state index in [0.29, 0.717) is 7.11 Å². The summed E-state index contributed by atoms with van der Waals surface area (Å²) in [4.78, 5) is 0. The van der Waals surface area contributed by atoms with E-state index in [4.69, 9.17) is 0 Å². The van der Waals surface area contributed by atoms with Crippen molar-refractivity contribution in [2.24, 2.45) is 0 Å². The minimum atomic E-state index is -8.02. The molecule has 0 rings (SSSR count). The summed E-state index contributed by atoms with van der Waals surface area (Å²) in [6, 6.07) is 0. The second-order valence-corrected chi connectivity index (χ2v) is 4.68. The molecule has 0 aliphatic rings. The summed E-state index contributed by atoms with van der Waals surface area (Å²) in [6.45, 7) is -1.52. The molecule has 1 unspecified atom stereocenters. The van der Waals surface area contributed by atoms with Gasteiger partial charge in [-0.1, -0.05) is 0 Å². The molecule has 0 aromatic carbocycles. The van der Waals surface area contributed by atoms with Gasteiger partial charge in [-0.05, 0) is 0 Å². The lowest BCUT2D eigenvalue weighted by molar-refractivity contribution is -0.438. The maximum Gasteiger partial charge on any atom is 0.435 e. The van der Waals surface area contributed by atoms with Crippen LogP contribution in [0.2, 0.25) is 0 Å². The molecule has 0 fully saturated rings. The molecule has 152 valence electrons. The van der Waals surface area contributed by atoms with Gasteiger partial charge >= 0.3 is 42.0 Å². The lowest BCUT2D eigenvalue weighted by atomic mass is 9.81. The van der Waals surface area contributed by atoms with E-state index in [1.54, 1.807) is 0 Å². The van der Waals surface area contributed by atoms with Crippen LogP contribution in [0.3, 0.4) is 0 Å². The number of hydrogen-bond donors (Lipinski definition) is 0. The number of halogens is 14. The average Bonchev–Trinajstić information content (AvgIpc) is 2.41. The van der Waals surface area contributed by atoms with Gasteiger partial charge in [0.05, 0.1) is 6.61 Å². The van der Waals surface area contributed by atoms with Crippen LogP contribution in [0.1, 0.15) is 6.42 Å². The third-order valence-corrected chi connectivity index (χ3v) is 3.03. The summed E-state index contributed by atoms with van der Waals surface area (Å²) in [6.07, 6.45) is -16.1. The average molecular weight is 410 g/mol. The van der Waals surface area contributed by atoms with Gasteiger partial charge < -0.3 is 4.74 Å². The Hall–Kier alpha value is -1.02. The summed E-state index contributed by atoms with van der Waals surface area (Å²) in [5.74, 6) is -29.2. The molecule has 25 heavy (non-hydrogen) atoms. The minimum absolute atomic E-state index is 0.556. The van der Waals surface area contributed by atoms with E-state index >= 15 is 0 Å². The van der Waals surface area contributed by atoms with E-state index in [-0.39, 0.29) is 0 Å². The Morgan fingerprint density at radius 2 is 1.12 bits per heavy atom. The molecule has 15 heteroatoms. The van der Waals surface area contributed by atoms with Crippen LogP contribution in [-0.4, -0.2) is 55.7 Å². The van der Waals surface area contributed by atoms with Crippen LogP contribution in [0.5, 0.6) is 0 Å². The largest absolute Gasteiger partial charge is 0.435 e. The molecule has 0 amide bonds. The predicted molar refractivity (Wildman–Crippen MR) is 52.2 cm³/mol. The van der Waals surface area contributed by atoms with Crippen molar-refractivity contribution < 1.29 is 66.2 Å². The van der Waals surface area contributed by atoms with Crippen molar-refractivity contribution in [3.05, 3.63) is 0 Å². The predicted octanol–water partition coefficient (Wildman–Crippen LogP) is 5.10. The highest BCUT2D eigenvalue weighted by Crippen LogP contribution is 2.63. The van der Waals surface area contributed by atoms with E-state index < -0.39 is 55.0 Å². The molecule has 0 saturated carbocycles. The van der Waals surface area contributed by atoms with Crippen molar-refractivity contribution in [3.63, 3.8) is 0 Å². The molecule has 0 N–H and O–H groups in total. The van der Waals surface area contributed by atoms with Gasteiger partial charge in [0.2, 0.25) is 0 Å². The van der Waals surface area contributed by atoms with Gasteiger partial charge in [-0.2, -0.15) is 48.3 Å². The van der Waals surface area contributed by atoms with E-state index in [1.807, 2.05) is 0 Å². The Kier molecular flexibility index (Phi) is 6.34. The molecule has 0 heterocycles. The molecule has 0 radical (unpaired) electrons. The zero-order valence-corrected chi connectivity index (χ0v) is 11.7. The SMILES string of the molecule is COCCC(F)(F)C(F)(F)C(F)(C(F)(F)F)C(F)(F)C(F)(F)C(F)F. The zero-order chi connectivity index (χ0) is 20.7. The van der Waals surface area contributed by atoms with Crippen molar-refractivity contribution >= 4 is 0 Å². The monoisotopic (exact) mass is 410 g/mol. The van der Waals surface area contributed by atoms with E-state index in [1.165, 1.54) is 0 Å². The first-order chi connectivity index (χ1) is 10.8. The van der Waals surface area contributed by atoms with Crippen LogP contribution in [0.25, 0.3) is 0 Å². The topological polar surface area (TPSA) is 9.23 Å². The van der Waals surface area contributed by atoms with Crippen LogP contribution in [0.15, 0.2) is 0 Å². The smallest absolute Gasteiger partial charge is 0.384 e. The van der Waals surface area contributed by atoms with Crippen LogP contribution in [0, 0.1) is 0 Å². The quantitative estimate of drug-likeness (QED) is 0.506. The third kappa shape index (κ3) is 3.35. The molecule has 0 saturated heterocycles. The van der Waals surface area contributed by atoms with Gasteiger partial charge in [-0.3, -0.25) is 0 Å². The number of rotatable bonds is 8. The Bertz CT molecular complexity index is 455. The summed E-state index contributed by atoms with van der Waals surface area (Å²) >= 11 is 0. The van der Waals surface area contributed by atoms with E-state index in [0.717, 1.165) is 0 Å². The standard InChI is InChI=1S/C10H8F14O/c1-25-3-2-5(13,14)8(18,19)7(17,10(22,23)24)9(20,21)6(15,16)4(11)12/h4H,2-3H2,1H3. The van der Waals surface area contributed by atoms with Crippen LogP contribution in [-0.2, 0) is 4.74 Å². The fourth-order valence-corrected chi connectivity index (χ4v) is 1.56. The molecule has 0 bridgehead atoms. The lowest BCUT2D eigenvalue weighted by Gasteiger charge is -2.44. The Labute approximate surface area is 129 Å². The van der Waals surface area contributed by atoms with Crippen molar-refractivity contribution in [1.29, 1.82) is 0 Å². The van der Waals surface area contributed by atoms with Crippen LogP contribution in [0.4, 0.5) is 61.5 Å². The summed E-state index contributed by atoms with van der Waals surface area (Å²) in [5.41, 5.74) is -8.02. The third-order valence-electron chi connectivity index (χ3n) is 3.03. The maximum atomic E-state index is 13.7. The van der Waals surface area contributed by atoms with Gasteiger partial charge in [0, 0.05) is 13.5 Å². The number of hydrogen-bond acceptors (Lipinski definition) is 1. The highest BCUT2D eigenvalue weighted by Gasteiger charge is 2.94. The second kappa shape index (κ2) is 6.61. The Morgan fingerprint density at radius 3 is 1.40 bits per heavy atom. The molecular formula is C10H8F14O. The lowest BCUT2D eigenvalue weighted by Crippen LogP contribution is -2.76. The Balaban J connectivity index is 6.62. The normalized spacial score (nSPS) is 17.8. The molecule has 1 nitrogen and oxygen atoms in total. The fraction of sp³-hybridized carbons (Fsp3) is 1.00. The first kappa shape index (κ1) is 24.0. The zero-order valence-electron chi connectivity index (χ0n) is 11.7. The summed E-state index contributed by atoms with van der Waals surface area (Å²) in [5, 5.41) is 0. The number of methoxy groups -OCH3 is 1. The molecule has 0 aromatic rings. The first-order valence-corrected chi connectivity index (χ1v) is 5.79. The minimum Gasteiger partial charge on any atom is -0.384 e. The van der Waals surface area contributed by atoms with Gasteiger partial charge in [0.15, 0.2) is 0 Å². The fourth-order valence-electron chi connectivity index (χ4n) is 1.56. The van der Waals surface area contributed by atoms with Gasteiger partial charge in [0.1, 0.15) is 0 Å². The Morgan fingerprint density at radius 1 is 0.720 bits per heavy atom. The first-order valence-electron chi connectivity index (χ1n) is 5.79. The van der Waals surface area contributed by atoms with Crippen molar-refractivity contribution in [3.8, 4) is 0 Å². The molecule has 0 spiro atoms. The molecule has 0 aromatic heterocycles. The summed E-state index contributed by atoms with van der Waals surface area (Å²) < 4.78 is 184. The highest BCUT2D eigenvalue weighted by atomic mass is 19.4. The second-order valence-electron chi connectivity index (χ2n) is 4.68. The van der Waals surface area contributed by atoms with Crippen molar-refractivity contribution in [2.75, 3.05) is 13.7 Å². The van der Waals surface area contributed by atoms with Gasteiger partial charge in [0.25, 0.3) is 0 Å². The van der Waals surface area contributed by atoms with Crippen molar-refractivity contribution in [1.82, 2.24) is 0 Å². The number of ether oxygens (including phenoxy) is 1. The highest BCUT2D eigenvalue weighted by molar-refractivity contribution is 5.17. The maximum absolute atomic E-state index is 13.7. The molecule has 0 aliphatic carbocycles. The van der Waals surface area contributed by atoms with E-state index in [2.05, 4.69) is 4.74 Å². The van der Waals surface area contributed by atoms with Gasteiger partial charge in [-0.15, -0.1) is 0 Å². The molecule has 0 aliphatic heterocycles. The molecular weight excluding hydrogens is 402 g/mol.